The van der Waals surface area contributed by atoms with Crippen LogP contribution >= 0.6 is 22.6 Å². The second-order valence-electron chi connectivity index (χ2n) is 4.21. The molecule has 0 aliphatic rings. The van der Waals surface area contributed by atoms with Gasteiger partial charge in [-0.2, -0.15) is 5.10 Å². The maximum atomic E-state index is 4.46. The van der Waals surface area contributed by atoms with Crippen molar-refractivity contribution in [1.82, 2.24) is 24.7 Å². The molecule has 0 spiro atoms. The van der Waals surface area contributed by atoms with Crippen molar-refractivity contribution >= 4 is 34.2 Å². The molecule has 0 aliphatic carbocycles. The first kappa shape index (κ1) is 13.0. The molecule has 0 aromatic carbocycles. The highest BCUT2D eigenvalue weighted by atomic mass is 127. The Balaban J connectivity index is 1.86. The van der Waals surface area contributed by atoms with E-state index in [0.29, 0.717) is 11.6 Å². The summed E-state index contributed by atoms with van der Waals surface area (Å²) in [5, 5.41) is 7.33. The number of nitrogens with zero attached hydrogens (tertiary/aromatic N) is 5. The molecule has 7 heteroatoms. The maximum absolute atomic E-state index is 4.46. The molecular weight excluding hydrogens is 367 g/mol. The molecule has 0 radical (unpaired) electrons. The molecule has 3 heterocycles. The summed E-state index contributed by atoms with van der Waals surface area (Å²) in [5.41, 5.74) is 1.07. The summed E-state index contributed by atoms with van der Waals surface area (Å²) in [5.74, 6) is 2.02. The van der Waals surface area contributed by atoms with Crippen LogP contribution in [-0.4, -0.2) is 24.7 Å². The van der Waals surface area contributed by atoms with E-state index in [1.165, 1.54) is 0 Å². The van der Waals surface area contributed by atoms with Crippen molar-refractivity contribution in [3.8, 4) is 5.82 Å². The largest absolute Gasteiger partial charge is 0.324 e. The van der Waals surface area contributed by atoms with Crippen LogP contribution in [0.4, 0.5) is 11.6 Å². The van der Waals surface area contributed by atoms with Gasteiger partial charge >= 0.3 is 0 Å². The van der Waals surface area contributed by atoms with Crippen LogP contribution < -0.4 is 5.32 Å². The highest BCUT2D eigenvalue weighted by Gasteiger charge is 2.03. The summed E-state index contributed by atoms with van der Waals surface area (Å²) in [6, 6.07) is 3.87. The van der Waals surface area contributed by atoms with Crippen molar-refractivity contribution in [3.63, 3.8) is 0 Å². The van der Waals surface area contributed by atoms with Gasteiger partial charge in [0.05, 0.1) is 18.6 Å². The number of pyridine rings is 1. The van der Waals surface area contributed by atoms with Gasteiger partial charge in [0.15, 0.2) is 11.6 Å². The van der Waals surface area contributed by atoms with Crippen molar-refractivity contribution in [2.75, 3.05) is 5.32 Å². The predicted molar refractivity (Wildman–Crippen MR) is 84.1 cm³/mol. The molecule has 3 rings (SSSR count). The molecule has 3 aromatic rings. The van der Waals surface area contributed by atoms with Crippen LogP contribution in [0.15, 0.2) is 43.1 Å². The first-order valence-electron chi connectivity index (χ1n) is 5.93. The monoisotopic (exact) mass is 378 g/mol. The Kier molecular flexibility index (Phi) is 3.59. The fourth-order valence-corrected chi connectivity index (χ4v) is 1.96. The van der Waals surface area contributed by atoms with Gasteiger partial charge < -0.3 is 5.32 Å². The molecule has 0 amide bonds. The fourth-order valence-electron chi connectivity index (χ4n) is 1.65. The molecule has 0 aliphatic heterocycles. The number of hydrogen-bond donors (Lipinski definition) is 1. The molecule has 0 fully saturated rings. The highest BCUT2D eigenvalue weighted by Crippen LogP contribution is 2.14. The number of aryl methyl sites for hydroxylation is 1. The van der Waals surface area contributed by atoms with Gasteiger partial charge in [-0.05, 0) is 47.2 Å². The molecular formula is C13H11IN6. The van der Waals surface area contributed by atoms with E-state index < -0.39 is 0 Å². The maximum Gasteiger partial charge on any atom is 0.173 e. The van der Waals surface area contributed by atoms with E-state index in [9.17, 15) is 0 Å². The van der Waals surface area contributed by atoms with Crippen molar-refractivity contribution in [2.24, 2.45) is 0 Å². The van der Waals surface area contributed by atoms with Crippen molar-refractivity contribution in [2.45, 2.75) is 6.92 Å². The van der Waals surface area contributed by atoms with Crippen LogP contribution in [-0.2, 0) is 0 Å². The van der Waals surface area contributed by atoms with Crippen LogP contribution in [0, 0.1) is 10.5 Å². The molecule has 100 valence electrons. The number of rotatable bonds is 3. The molecule has 0 atom stereocenters. The van der Waals surface area contributed by atoms with Gasteiger partial charge in [0, 0.05) is 16.0 Å². The lowest BCUT2D eigenvalue weighted by molar-refractivity contribution is 0.839. The lowest BCUT2D eigenvalue weighted by atomic mass is 10.4. The molecule has 0 saturated carbocycles. The Labute approximate surface area is 129 Å². The average Bonchev–Trinajstić information content (AvgIpc) is 2.89. The zero-order valence-electron chi connectivity index (χ0n) is 10.7. The topological polar surface area (TPSA) is 68.5 Å². The van der Waals surface area contributed by atoms with E-state index in [-0.39, 0.29) is 0 Å². The second-order valence-corrected chi connectivity index (χ2v) is 5.46. The number of aromatic nitrogens is 5. The molecule has 0 bridgehead atoms. The van der Waals surface area contributed by atoms with E-state index in [1.807, 2.05) is 25.3 Å². The average molecular weight is 378 g/mol. The van der Waals surface area contributed by atoms with E-state index in [1.54, 1.807) is 29.5 Å². The van der Waals surface area contributed by atoms with Crippen LogP contribution in [0.25, 0.3) is 5.82 Å². The van der Waals surface area contributed by atoms with E-state index in [0.717, 1.165) is 15.0 Å². The molecule has 3 aromatic heterocycles. The van der Waals surface area contributed by atoms with Gasteiger partial charge in [-0.3, -0.25) is 4.98 Å². The van der Waals surface area contributed by atoms with E-state index >= 15 is 0 Å². The van der Waals surface area contributed by atoms with Crippen LogP contribution in [0.2, 0.25) is 0 Å². The lowest BCUT2D eigenvalue weighted by Crippen LogP contribution is -2.03. The van der Waals surface area contributed by atoms with E-state index in [2.05, 4.69) is 48.0 Å². The van der Waals surface area contributed by atoms with E-state index in [4.69, 9.17) is 0 Å². The summed E-state index contributed by atoms with van der Waals surface area (Å²) in [6.07, 6.45) is 8.79. The number of anilines is 2. The minimum absolute atomic E-state index is 0.629. The van der Waals surface area contributed by atoms with Crippen LogP contribution in [0.3, 0.4) is 0 Å². The Hall–Kier alpha value is -2.03. The molecule has 6 nitrogen and oxygen atoms in total. The van der Waals surface area contributed by atoms with Crippen molar-refractivity contribution in [3.05, 3.63) is 52.3 Å². The normalized spacial score (nSPS) is 10.5. The molecule has 1 N–H and O–H groups in total. The number of halogens is 1. The van der Waals surface area contributed by atoms with Gasteiger partial charge in [0.2, 0.25) is 0 Å². The van der Waals surface area contributed by atoms with Gasteiger partial charge in [0.1, 0.15) is 5.82 Å². The first-order chi connectivity index (χ1) is 9.70. The fraction of sp³-hybridized carbons (Fsp3) is 0.0769. The third-order valence-electron chi connectivity index (χ3n) is 2.55. The summed E-state index contributed by atoms with van der Waals surface area (Å²) in [6.45, 7) is 1.98. The standard InChI is InChI=1S/C13H11IN6/c1-9-4-17-20(8-9)13-7-15-6-12(19-13)18-11-3-2-10(14)5-16-11/h2-8H,1H3,(H,16,18,19). The van der Waals surface area contributed by atoms with Gasteiger partial charge in [-0.15, -0.1) is 0 Å². The third kappa shape index (κ3) is 2.93. The minimum atomic E-state index is 0.629. The summed E-state index contributed by atoms with van der Waals surface area (Å²) in [7, 11) is 0. The third-order valence-corrected chi connectivity index (χ3v) is 3.19. The lowest BCUT2D eigenvalue weighted by Gasteiger charge is -2.06. The molecule has 0 saturated heterocycles. The Morgan fingerprint density at radius 3 is 2.70 bits per heavy atom. The van der Waals surface area contributed by atoms with Gasteiger partial charge in [0.25, 0.3) is 0 Å². The number of hydrogen-bond acceptors (Lipinski definition) is 5. The SMILES string of the molecule is Cc1cnn(-c2cncc(Nc3ccc(I)cn3)n2)c1. The predicted octanol–water partition coefficient (Wildman–Crippen LogP) is 2.71. The first-order valence-corrected chi connectivity index (χ1v) is 7.01. The molecule has 20 heavy (non-hydrogen) atoms. The quantitative estimate of drug-likeness (QED) is 0.710. The molecule has 0 unspecified atom stereocenters. The highest BCUT2D eigenvalue weighted by molar-refractivity contribution is 14.1. The van der Waals surface area contributed by atoms with Crippen molar-refractivity contribution < 1.29 is 0 Å². The zero-order chi connectivity index (χ0) is 13.9. The van der Waals surface area contributed by atoms with Crippen LogP contribution in [0.5, 0.6) is 0 Å². The van der Waals surface area contributed by atoms with Gasteiger partial charge in [-0.1, -0.05) is 0 Å². The summed E-state index contributed by atoms with van der Waals surface area (Å²) in [4.78, 5) is 12.9. The van der Waals surface area contributed by atoms with Crippen LogP contribution in [0.1, 0.15) is 5.56 Å². The Morgan fingerprint density at radius 2 is 2.00 bits per heavy atom. The smallest absolute Gasteiger partial charge is 0.173 e. The Morgan fingerprint density at radius 1 is 1.10 bits per heavy atom. The zero-order valence-corrected chi connectivity index (χ0v) is 12.8. The second kappa shape index (κ2) is 5.53. The minimum Gasteiger partial charge on any atom is -0.324 e. The summed E-state index contributed by atoms with van der Waals surface area (Å²) >= 11 is 2.21. The summed E-state index contributed by atoms with van der Waals surface area (Å²) < 4.78 is 2.77. The Bertz CT molecular complexity index is 722. The van der Waals surface area contributed by atoms with Crippen molar-refractivity contribution in [1.29, 1.82) is 0 Å². The number of nitrogens with one attached hydrogen (secondary N) is 1. The van der Waals surface area contributed by atoms with Gasteiger partial charge in [-0.25, -0.2) is 14.6 Å².